The summed E-state index contributed by atoms with van der Waals surface area (Å²) in [5, 5.41) is 0. The molecule has 0 aliphatic heterocycles. The molecule has 0 aliphatic rings. The van der Waals surface area contributed by atoms with Crippen molar-refractivity contribution in [3.05, 3.63) is 65.7 Å². The Morgan fingerprint density at radius 1 is 1.00 bits per heavy atom. The van der Waals surface area contributed by atoms with Gasteiger partial charge in [-0.05, 0) is 54.3 Å². The van der Waals surface area contributed by atoms with Crippen molar-refractivity contribution in [3.63, 3.8) is 0 Å². The van der Waals surface area contributed by atoms with E-state index < -0.39 is 0 Å². The van der Waals surface area contributed by atoms with Crippen molar-refractivity contribution in [1.82, 2.24) is 9.97 Å². The fourth-order valence-electron chi connectivity index (χ4n) is 2.58. The molecule has 0 fully saturated rings. The van der Waals surface area contributed by atoms with E-state index in [4.69, 9.17) is 0 Å². The minimum atomic E-state index is -0.238. The van der Waals surface area contributed by atoms with E-state index in [1.807, 2.05) is 32.0 Å². The highest BCUT2D eigenvalue weighted by atomic mass is 19.1. The lowest BCUT2D eigenvalue weighted by atomic mass is 9.92. The van der Waals surface area contributed by atoms with Gasteiger partial charge in [-0.2, -0.15) is 0 Å². The van der Waals surface area contributed by atoms with E-state index >= 15 is 0 Å². The predicted molar refractivity (Wildman–Crippen MR) is 78.9 cm³/mol. The maximum atomic E-state index is 13.7. The summed E-state index contributed by atoms with van der Waals surface area (Å²) in [6, 6.07) is 10.9. The molecule has 0 bridgehead atoms. The van der Waals surface area contributed by atoms with Crippen LogP contribution in [0.25, 0.3) is 22.5 Å². The van der Waals surface area contributed by atoms with E-state index in [0.717, 1.165) is 33.6 Å². The van der Waals surface area contributed by atoms with Crippen molar-refractivity contribution in [3.8, 4) is 22.5 Å². The van der Waals surface area contributed by atoms with Crippen molar-refractivity contribution in [2.45, 2.75) is 13.8 Å². The smallest absolute Gasteiger partial charge is 0.137 e. The van der Waals surface area contributed by atoms with Crippen LogP contribution in [0.1, 0.15) is 11.1 Å². The Morgan fingerprint density at radius 3 is 2.40 bits per heavy atom. The number of hydrogen-bond donors (Lipinski definition) is 1. The zero-order valence-electron chi connectivity index (χ0n) is 11.4. The van der Waals surface area contributed by atoms with Gasteiger partial charge in [0.15, 0.2) is 0 Å². The van der Waals surface area contributed by atoms with Crippen LogP contribution in [0, 0.1) is 19.7 Å². The maximum Gasteiger partial charge on any atom is 0.137 e. The molecule has 0 saturated carbocycles. The van der Waals surface area contributed by atoms with E-state index in [9.17, 15) is 4.39 Å². The first-order valence-electron chi connectivity index (χ1n) is 6.52. The first-order chi connectivity index (χ1) is 9.66. The summed E-state index contributed by atoms with van der Waals surface area (Å²) >= 11 is 0. The number of imidazole rings is 1. The molecule has 1 aromatic heterocycles. The Balaban J connectivity index is 2.31. The number of aromatic amines is 1. The molecule has 0 radical (unpaired) electrons. The fraction of sp³-hybridized carbons (Fsp3) is 0.118. The number of hydrogen-bond acceptors (Lipinski definition) is 1. The largest absolute Gasteiger partial charge is 0.345 e. The molecule has 0 saturated heterocycles. The molecule has 0 aliphatic carbocycles. The standard InChI is InChI=1S/C17H15FN2/c1-11-4-3-5-12(2)16(11)15-10-13(18)6-7-14(15)17-19-8-9-20-17/h3-10H,1-2H3,(H,19,20). The number of nitrogens with zero attached hydrogens (tertiary/aromatic N) is 1. The molecule has 0 atom stereocenters. The second kappa shape index (κ2) is 4.93. The monoisotopic (exact) mass is 266 g/mol. The van der Waals surface area contributed by atoms with Crippen molar-refractivity contribution in [2.75, 3.05) is 0 Å². The van der Waals surface area contributed by atoms with Gasteiger partial charge < -0.3 is 4.98 Å². The second-order valence-corrected chi connectivity index (χ2v) is 4.89. The average molecular weight is 266 g/mol. The molecular formula is C17H15FN2. The van der Waals surface area contributed by atoms with Gasteiger partial charge in [-0.25, -0.2) is 9.37 Å². The third-order valence-electron chi connectivity index (χ3n) is 3.49. The lowest BCUT2D eigenvalue weighted by Crippen LogP contribution is -1.93. The Bertz CT molecular complexity index is 725. The molecule has 3 heteroatoms. The van der Waals surface area contributed by atoms with Gasteiger partial charge in [0.1, 0.15) is 11.6 Å². The molecule has 2 aromatic carbocycles. The fourth-order valence-corrected chi connectivity index (χ4v) is 2.58. The molecule has 2 nitrogen and oxygen atoms in total. The predicted octanol–water partition coefficient (Wildman–Crippen LogP) is 4.50. The van der Waals surface area contributed by atoms with Gasteiger partial charge in [-0.3, -0.25) is 0 Å². The van der Waals surface area contributed by atoms with Gasteiger partial charge in [0.2, 0.25) is 0 Å². The number of halogens is 1. The summed E-state index contributed by atoms with van der Waals surface area (Å²) in [6.07, 6.45) is 3.47. The minimum Gasteiger partial charge on any atom is -0.345 e. The molecule has 100 valence electrons. The summed E-state index contributed by atoms with van der Waals surface area (Å²) in [6.45, 7) is 4.08. The van der Waals surface area contributed by atoms with E-state index in [-0.39, 0.29) is 5.82 Å². The molecule has 1 heterocycles. The van der Waals surface area contributed by atoms with Gasteiger partial charge in [-0.15, -0.1) is 0 Å². The summed E-state index contributed by atoms with van der Waals surface area (Å²) in [5.74, 6) is 0.514. The molecule has 3 aromatic rings. The van der Waals surface area contributed by atoms with Gasteiger partial charge >= 0.3 is 0 Å². The Morgan fingerprint density at radius 2 is 1.75 bits per heavy atom. The van der Waals surface area contributed by atoms with Crippen LogP contribution in [0.4, 0.5) is 4.39 Å². The van der Waals surface area contributed by atoms with Crippen LogP contribution in [0.15, 0.2) is 48.8 Å². The van der Waals surface area contributed by atoms with Crippen molar-refractivity contribution >= 4 is 0 Å². The zero-order chi connectivity index (χ0) is 14.1. The van der Waals surface area contributed by atoms with Crippen molar-refractivity contribution < 1.29 is 4.39 Å². The van der Waals surface area contributed by atoms with Crippen LogP contribution >= 0.6 is 0 Å². The number of benzene rings is 2. The highest BCUT2D eigenvalue weighted by Crippen LogP contribution is 2.34. The summed E-state index contributed by atoms with van der Waals surface area (Å²) in [4.78, 5) is 7.37. The first kappa shape index (κ1) is 12.6. The van der Waals surface area contributed by atoms with Crippen LogP contribution in [-0.4, -0.2) is 9.97 Å². The highest BCUT2D eigenvalue weighted by Gasteiger charge is 2.14. The second-order valence-electron chi connectivity index (χ2n) is 4.89. The number of aromatic nitrogens is 2. The SMILES string of the molecule is Cc1cccc(C)c1-c1cc(F)ccc1-c1ncc[nH]1. The summed E-state index contributed by atoms with van der Waals surface area (Å²) < 4.78 is 13.7. The number of aryl methyl sites for hydroxylation is 2. The lowest BCUT2D eigenvalue weighted by Gasteiger charge is -2.13. The van der Waals surface area contributed by atoms with Crippen LogP contribution in [0.2, 0.25) is 0 Å². The Hall–Kier alpha value is -2.42. The van der Waals surface area contributed by atoms with Gasteiger partial charge in [0.25, 0.3) is 0 Å². The normalized spacial score (nSPS) is 10.8. The number of nitrogens with one attached hydrogen (secondary N) is 1. The van der Waals surface area contributed by atoms with E-state index in [0.29, 0.717) is 0 Å². The third kappa shape index (κ3) is 2.11. The molecule has 1 N–H and O–H groups in total. The maximum absolute atomic E-state index is 13.7. The Labute approximate surface area is 117 Å². The molecule has 0 unspecified atom stereocenters. The number of rotatable bonds is 2. The summed E-state index contributed by atoms with van der Waals surface area (Å²) in [7, 11) is 0. The average Bonchev–Trinajstić information content (AvgIpc) is 2.92. The van der Waals surface area contributed by atoms with Crippen LogP contribution in [0.5, 0.6) is 0 Å². The minimum absolute atomic E-state index is 0.238. The van der Waals surface area contributed by atoms with Gasteiger partial charge in [0.05, 0.1) is 0 Å². The van der Waals surface area contributed by atoms with Crippen LogP contribution < -0.4 is 0 Å². The summed E-state index contributed by atoms with van der Waals surface area (Å²) in [5.41, 5.74) is 5.11. The third-order valence-corrected chi connectivity index (χ3v) is 3.49. The van der Waals surface area contributed by atoms with Crippen molar-refractivity contribution in [2.24, 2.45) is 0 Å². The lowest BCUT2D eigenvalue weighted by molar-refractivity contribution is 0.628. The first-order valence-corrected chi connectivity index (χ1v) is 6.52. The van der Waals surface area contributed by atoms with E-state index in [1.54, 1.807) is 24.5 Å². The van der Waals surface area contributed by atoms with E-state index in [2.05, 4.69) is 9.97 Å². The number of H-pyrrole nitrogens is 1. The topological polar surface area (TPSA) is 28.7 Å². The molecular weight excluding hydrogens is 251 g/mol. The molecule has 20 heavy (non-hydrogen) atoms. The molecule has 0 spiro atoms. The molecule has 3 rings (SSSR count). The van der Waals surface area contributed by atoms with Crippen LogP contribution in [-0.2, 0) is 0 Å². The Kier molecular flexibility index (Phi) is 3.11. The van der Waals surface area contributed by atoms with Gasteiger partial charge in [0, 0.05) is 18.0 Å². The molecule has 0 amide bonds. The van der Waals surface area contributed by atoms with Crippen LogP contribution in [0.3, 0.4) is 0 Å². The quantitative estimate of drug-likeness (QED) is 0.727. The zero-order valence-corrected chi connectivity index (χ0v) is 11.4. The highest BCUT2D eigenvalue weighted by molar-refractivity contribution is 5.83. The van der Waals surface area contributed by atoms with E-state index in [1.165, 1.54) is 6.07 Å². The van der Waals surface area contributed by atoms with Gasteiger partial charge in [-0.1, -0.05) is 18.2 Å². The van der Waals surface area contributed by atoms with Crippen molar-refractivity contribution in [1.29, 1.82) is 0 Å².